The van der Waals surface area contributed by atoms with Crippen molar-refractivity contribution in [2.24, 2.45) is 5.92 Å². The molecular weight excluding hydrogens is 348 g/mol. The van der Waals surface area contributed by atoms with Crippen LogP contribution in [0.5, 0.6) is 5.75 Å². The van der Waals surface area contributed by atoms with Crippen LogP contribution in [0.3, 0.4) is 0 Å². The zero-order valence-electron chi connectivity index (χ0n) is 12.5. The van der Waals surface area contributed by atoms with Gasteiger partial charge in [0.1, 0.15) is 5.75 Å². The smallest absolute Gasteiger partial charge is 0.168 e. The molecule has 5 heteroatoms. The molecule has 2 unspecified atom stereocenters. The van der Waals surface area contributed by atoms with Gasteiger partial charge in [-0.2, -0.15) is 0 Å². The van der Waals surface area contributed by atoms with Crippen LogP contribution in [0.2, 0.25) is 0 Å². The summed E-state index contributed by atoms with van der Waals surface area (Å²) in [5, 5.41) is 10.3. The maximum absolute atomic E-state index is 10.3. The molecule has 1 saturated carbocycles. The summed E-state index contributed by atoms with van der Waals surface area (Å²) in [6.45, 7) is 2.18. The first-order valence-electron chi connectivity index (χ1n) is 7.99. The standard InChI is InChI=1S/C17H21BrO4/c18-13-1-2-14-15(9-13)20-6-3-12-10-17(21-7-8-22-17)5-4-16(12,14)11-19/h1-2,9,12,19H,3-8,10-11H2. The minimum absolute atomic E-state index is 0.145. The Bertz CT molecular complexity index is 570. The van der Waals surface area contributed by atoms with E-state index in [2.05, 4.69) is 22.0 Å². The summed E-state index contributed by atoms with van der Waals surface area (Å²) < 4.78 is 18.8. The first-order valence-corrected chi connectivity index (χ1v) is 8.78. The summed E-state index contributed by atoms with van der Waals surface area (Å²) in [6, 6.07) is 6.15. The highest BCUT2D eigenvalue weighted by atomic mass is 79.9. The normalized spacial score (nSPS) is 32.9. The van der Waals surface area contributed by atoms with Gasteiger partial charge < -0.3 is 19.3 Å². The van der Waals surface area contributed by atoms with Gasteiger partial charge in [0, 0.05) is 28.3 Å². The van der Waals surface area contributed by atoms with Crippen molar-refractivity contribution in [1.29, 1.82) is 0 Å². The fraction of sp³-hybridized carbons (Fsp3) is 0.647. The van der Waals surface area contributed by atoms with Crippen molar-refractivity contribution in [1.82, 2.24) is 0 Å². The van der Waals surface area contributed by atoms with Gasteiger partial charge in [-0.25, -0.2) is 0 Å². The lowest BCUT2D eigenvalue weighted by Crippen LogP contribution is -2.50. The predicted molar refractivity (Wildman–Crippen MR) is 85.0 cm³/mol. The molecular formula is C17H21BrO4. The summed E-state index contributed by atoms with van der Waals surface area (Å²) in [5.74, 6) is 0.783. The Hall–Kier alpha value is -0.620. The fourth-order valence-electron chi connectivity index (χ4n) is 4.41. The maximum atomic E-state index is 10.3. The van der Waals surface area contributed by atoms with Gasteiger partial charge in [-0.15, -0.1) is 0 Å². The van der Waals surface area contributed by atoms with E-state index in [0.29, 0.717) is 25.7 Å². The van der Waals surface area contributed by atoms with E-state index in [4.69, 9.17) is 14.2 Å². The van der Waals surface area contributed by atoms with Gasteiger partial charge in [0.05, 0.1) is 26.4 Å². The Kier molecular flexibility index (Phi) is 3.72. The van der Waals surface area contributed by atoms with Gasteiger partial charge in [-0.05, 0) is 30.9 Å². The van der Waals surface area contributed by atoms with Gasteiger partial charge in [-0.1, -0.05) is 22.0 Å². The largest absolute Gasteiger partial charge is 0.493 e. The molecule has 1 spiro atoms. The van der Waals surface area contributed by atoms with Crippen LogP contribution < -0.4 is 4.74 Å². The summed E-state index contributed by atoms with van der Waals surface area (Å²) in [5.41, 5.74) is 0.890. The SMILES string of the molecule is OCC12CCC3(CC1CCOc1cc(Br)ccc12)OCCO3. The Balaban J connectivity index is 1.75. The highest BCUT2D eigenvalue weighted by Gasteiger charge is 2.53. The molecule has 1 aromatic carbocycles. The van der Waals surface area contributed by atoms with E-state index in [9.17, 15) is 5.11 Å². The Morgan fingerprint density at radius 2 is 2.00 bits per heavy atom. The molecule has 1 N–H and O–H groups in total. The summed E-state index contributed by atoms with van der Waals surface area (Å²) in [4.78, 5) is 0. The van der Waals surface area contributed by atoms with E-state index in [1.54, 1.807) is 0 Å². The zero-order valence-corrected chi connectivity index (χ0v) is 14.1. The average Bonchev–Trinajstić information content (AvgIpc) is 2.90. The lowest BCUT2D eigenvalue weighted by molar-refractivity contribution is -0.201. The Morgan fingerprint density at radius 3 is 2.77 bits per heavy atom. The zero-order chi connectivity index (χ0) is 15.2. The predicted octanol–water partition coefficient (Wildman–Crippen LogP) is 3.00. The van der Waals surface area contributed by atoms with Crippen LogP contribution in [0, 0.1) is 5.92 Å². The molecule has 22 heavy (non-hydrogen) atoms. The minimum Gasteiger partial charge on any atom is -0.493 e. The van der Waals surface area contributed by atoms with Crippen LogP contribution in [0.25, 0.3) is 0 Å². The number of aliphatic hydroxyl groups excluding tert-OH is 1. The first kappa shape index (κ1) is 14.9. The van der Waals surface area contributed by atoms with Gasteiger partial charge >= 0.3 is 0 Å². The molecule has 2 fully saturated rings. The number of hydrogen-bond donors (Lipinski definition) is 1. The van der Waals surface area contributed by atoms with Crippen LogP contribution in [-0.4, -0.2) is 37.3 Å². The Labute approximate surface area is 138 Å². The van der Waals surface area contributed by atoms with Crippen molar-refractivity contribution < 1.29 is 19.3 Å². The molecule has 1 aliphatic carbocycles. The van der Waals surface area contributed by atoms with Crippen molar-refractivity contribution >= 4 is 15.9 Å². The highest BCUT2D eigenvalue weighted by Crippen LogP contribution is 2.54. The van der Waals surface area contributed by atoms with Crippen molar-refractivity contribution in [3.05, 3.63) is 28.2 Å². The molecule has 2 heterocycles. The molecule has 4 rings (SSSR count). The van der Waals surface area contributed by atoms with E-state index >= 15 is 0 Å². The molecule has 120 valence electrons. The van der Waals surface area contributed by atoms with Crippen LogP contribution in [-0.2, 0) is 14.9 Å². The summed E-state index contributed by atoms with van der Waals surface area (Å²) in [7, 11) is 0. The molecule has 2 atom stereocenters. The molecule has 0 aromatic heterocycles. The third-order valence-electron chi connectivity index (χ3n) is 5.59. The van der Waals surface area contributed by atoms with E-state index in [0.717, 1.165) is 41.5 Å². The lowest BCUT2D eigenvalue weighted by atomic mass is 9.60. The summed E-state index contributed by atoms with van der Waals surface area (Å²) in [6.07, 6.45) is 3.46. The molecule has 0 bridgehead atoms. The van der Waals surface area contributed by atoms with E-state index < -0.39 is 5.79 Å². The first-order chi connectivity index (χ1) is 10.7. The van der Waals surface area contributed by atoms with Gasteiger partial charge in [0.25, 0.3) is 0 Å². The van der Waals surface area contributed by atoms with Crippen LogP contribution in [0.1, 0.15) is 31.2 Å². The van der Waals surface area contributed by atoms with Crippen LogP contribution >= 0.6 is 15.9 Å². The van der Waals surface area contributed by atoms with Crippen molar-refractivity contribution in [2.45, 2.75) is 36.9 Å². The lowest BCUT2D eigenvalue weighted by Gasteiger charge is -2.48. The quantitative estimate of drug-likeness (QED) is 0.827. The van der Waals surface area contributed by atoms with Crippen LogP contribution in [0.4, 0.5) is 0 Å². The topological polar surface area (TPSA) is 47.9 Å². The van der Waals surface area contributed by atoms with Gasteiger partial charge in [-0.3, -0.25) is 0 Å². The Morgan fingerprint density at radius 1 is 1.18 bits per heavy atom. The van der Waals surface area contributed by atoms with Crippen molar-refractivity contribution in [3.63, 3.8) is 0 Å². The number of benzene rings is 1. The maximum Gasteiger partial charge on any atom is 0.168 e. The second kappa shape index (κ2) is 5.48. The third-order valence-corrected chi connectivity index (χ3v) is 6.08. The van der Waals surface area contributed by atoms with Crippen molar-refractivity contribution in [3.8, 4) is 5.75 Å². The number of rotatable bonds is 1. The third kappa shape index (κ3) is 2.21. The fourth-order valence-corrected chi connectivity index (χ4v) is 4.75. The summed E-state index contributed by atoms with van der Waals surface area (Å²) >= 11 is 3.51. The minimum atomic E-state index is -0.427. The second-order valence-electron chi connectivity index (χ2n) is 6.60. The van der Waals surface area contributed by atoms with E-state index in [1.165, 1.54) is 0 Å². The highest BCUT2D eigenvalue weighted by molar-refractivity contribution is 9.10. The molecule has 4 nitrogen and oxygen atoms in total. The van der Waals surface area contributed by atoms with Gasteiger partial charge in [0.15, 0.2) is 5.79 Å². The van der Waals surface area contributed by atoms with Gasteiger partial charge in [0.2, 0.25) is 0 Å². The number of aliphatic hydroxyl groups is 1. The van der Waals surface area contributed by atoms with Crippen LogP contribution in [0.15, 0.2) is 22.7 Å². The molecule has 2 aliphatic heterocycles. The van der Waals surface area contributed by atoms with E-state index in [1.807, 2.05) is 12.1 Å². The number of halogens is 1. The molecule has 3 aliphatic rings. The molecule has 0 amide bonds. The molecule has 0 radical (unpaired) electrons. The molecule has 1 saturated heterocycles. The van der Waals surface area contributed by atoms with Crippen molar-refractivity contribution in [2.75, 3.05) is 26.4 Å². The number of ether oxygens (including phenoxy) is 3. The monoisotopic (exact) mass is 368 g/mol. The molecule has 1 aromatic rings. The van der Waals surface area contributed by atoms with E-state index in [-0.39, 0.29) is 12.0 Å². The average molecular weight is 369 g/mol. The number of fused-ring (bicyclic) bond motifs is 3. The second-order valence-corrected chi connectivity index (χ2v) is 7.52. The number of hydrogen-bond acceptors (Lipinski definition) is 4.